The number of carbonyl (C=O) groups excluding carboxylic acids is 1. The van der Waals surface area contributed by atoms with Gasteiger partial charge in [-0.15, -0.1) is 0 Å². The van der Waals surface area contributed by atoms with E-state index in [1.54, 1.807) is 24.3 Å². The monoisotopic (exact) mass is 386 g/mol. The molecule has 0 saturated heterocycles. The molecule has 2 aromatic carbocycles. The second-order valence-corrected chi connectivity index (χ2v) is 7.58. The predicted molar refractivity (Wildman–Crippen MR) is 111 cm³/mol. The number of fused-ring (bicyclic) bond motifs is 3. The standard InChI is InChI=1S/C23H19FN4O/c1-13(29)15-7-8-18-19-12-25-21(9-14-5-6-14)28-22(19)23(27-20(18)10-15)26-17-4-2-3-16(24)11-17/h2-4,7-8,10-12,14H,5-6,9H2,1H3,(H,26,27). The van der Waals surface area contributed by atoms with Gasteiger partial charge in [0.15, 0.2) is 11.6 Å². The first-order valence-corrected chi connectivity index (χ1v) is 9.70. The summed E-state index contributed by atoms with van der Waals surface area (Å²) < 4.78 is 13.7. The minimum Gasteiger partial charge on any atom is -0.338 e. The van der Waals surface area contributed by atoms with Gasteiger partial charge in [-0.1, -0.05) is 18.2 Å². The number of benzene rings is 2. The zero-order chi connectivity index (χ0) is 20.0. The molecule has 1 aliphatic carbocycles. The lowest BCUT2D eigenvalue weighted by Gasteiger charge is -2.12. The topological polar surface area (TPSA) is 67.8 Å². The Balaban J connectivity index is 1.71. The van der Waals surface area contributed by atoms with Crippen LogP contribution in [0.4, 0.5) is 15.9 Å². The first-order chi connectivity index (χ1) is 14.1. The van der Waals surface area contributed by atoms with Crippen LogP contribution in [-0.2, 0) is 6.42 Å². The van der Waals surface area contributed by atoms with Crippen molar-refractivity contribution in [2.24, 2.45) is 5.92 Å². The number of nitrogens with zero attached hydrogens (tertiary/aromatic N) is 3. The third-order valence-corrected chi connectivity index (χ3v) is 5.25. The molecular weight excluding hydrogens is 367 g/mol. The number of Topliss-reactive ketones (excluding diaryl/α,β-unsaturated/α-hetero) is 1. The molecule has 29 heavy (non-hydrogen) atoms. The van der Waals surface area contributed by atoms with Crippen molar-refractivity contribution < 1.29 is 9.18 Å². The lowest BCUT2D eigenvalue weighted by atomic mass is 10.1. The first kappa shape index (κ1) is 17.7. The van der Waals surface area contributed by atoms with E-state index >= 15 is 0 Å². The maximum Gasteiger partial charge on any atom is 0.159 e. The lowest BCUT2D eigenvalue weighted by Crippen LogP contribution is -2.03. The minimum absolute atomic E-state index is 0.0236. The fourth-order valence-corrected chi connectivity index (χ4v) is 3.51. The summed E-state index contributed by atoms with van der Waals surface area (Å²) in [6.45, 7) is 1.53. The Morgan fingerprint density at radius 2 is 2.00 bits per heavy atom. The van der Waals surface area contributed by atoms with E-state index in [4.69, 9.17) is 9.97 Å². The van der Waals surface area contributed by atoms with Gasteiger partial charge in [0.25, 0.3) is 0 Å². The van der Waals surface area contributed by atoms with Crippen molar-refractivity contribution in [1.29, 1.82) is 0 Å². The fourth-order valence-electron chi connectivity index (χ4n) is 3.51. The van der Waals surface area contributed by atoms with Gasteiger partial charge in [0, 0.05) is 34.6 Å². The molecule has 6 heteroatoms. The average molecular weight is 386 g/mol. The molecule has 144 valence electrons. The molecule has 0 radical (unpaired) electrons. The molecule has 2 aromatic heterocycles. The summed E-state index contributed by atoms with van der Waals surface area (Å²) in [5.41, 5.74) is 2.54. The van der Waals surface area contributed by atoms with Crippen molar-refractivity contribution in [2.45, 2.75) is 26.2 Å². The Hall–Kier alpha value is -3.41. The van der Waals surface area contributed by atoms with Gasteiger partial charge in [0.1, 0.15) is 17.2 Å². The Labute approximate surface area is 167 Å². The lowest BCUT2D eigenvalue weighted by molar-refractivity contribution is 0.101. The highest BCUT2D eigenvalue weighted by molar-refractivity contribution is 6.10. The molecule has 5 rings (SSSR count). The van der Waals surface area contributed by atoms with Crippen LogP contribution >= 0.6 is 0 Å². The number of carbonyl (C=O) groups is 1. The quantitative estimate of drug-likeness (QED) is 0.376. The summed E-state index contributed by atoms with van der Waals surface area (Å²) in [4.78, 5) is 25.9. The SMILES string of the molecule is CC(=O)c1ccc2c(c1)nc(Nc1cccc(F)c1)c1nc(CC3CC3)ncc12. The molecule has 0 unspecified atom stereocenters. The minimum atomic E-state index is -0.331. The second kappa shape index (κ2) is 6.88. The Morgan fingerprint density at radius 1 is 1.14 bits per heavy atom. The van der Waals surface area contributed by atoms with Gasteiger partial charge in [-0.2, -0.15) is 0 Å². The number of aromatic nitrogens is 3. The van der Waals surface area contributed by atoms with E-state index in [2.05, 4.69) is 10.3 Å². The van der Waals surface area contributed by atoms with E-state index in [9.17, 15) is 9.18 Å². The molecular formula is C23H19FN4O. The van der Waals surface area contributed by atoms with Crippen molar-refractivity contribution in [3.05, 3.63) is 65.9 Å². The molecule has 0 amide bonds. The summed E-state index contributed by atoms with van der Waals surface area (Å²) in [6.07, 6.45) is 5.13. The maximum absolute atomic E-state index is 13.7. The molecule has 0 spiro atoms. The van der Waals surface area contributed by atoms with Crippen LogP contribution in [0.25, 0.3) is 21.8 Å². The zero-order valence-electron chi connectivity index (χ0n) is 15.9. The van der Waals surface area contributed by atoms with Gasteiger partial charge >= 0.3 is 0 Å². The molecule has 0 bridgehead atoms. The number of rotatable bonds is 5. The molecule has 4 aromatic rings. The summed E-state index contributed by atoms with van der Waals surface area (Å²) in [5.74, 6) is 1.63. The first-order valence-electron chi connectivity index (χ1n) is 9.70. The highest BCUT2D eigenvalue weighted by Gasteiger charge is 2.23. The number of pyridine rings is 1. The maximum atomic E-state index is 13.7. The van der Waals surface area contributed by atoms with E-state index in [-0.39, 0.29) is 11.6 Å². The summed E-state index contributed by atoms with van der Waals surface area (Å²) in [7, 11) is 0. The Bertz CT molecular complexity index is 1270. The highest BCUT2D eigenvalue weighted by Crippen LogP contribution is 2.34. The number of anilines is 2. The van der Waals surface area contributed by atoms with Crippen LogP contribution in [0.15, 0.2) is 48.7 Å². The molecule has 1 aliphatic rings. The van der Waals surface area contributed by atoms with E-state index in [0.717, 1.165) is 23.0 Å². The number of halogens is 1. The van der Waals surface area contributed by atoms with E-state index < -0.39 is 0 Å². The molecule has 2 heterocycles. The van der Waals surface area contributed by atoms with Crippen LogP contribution < -0.4 is 5.32 Å². The average Bonchev–Trinajstić information content (AvgIpc) is 3.51. The van der Waals surface area contributed by atoms with Crippen molar-refractivity contribution in [2.75, 3.05) is 5.32 Å². The van der Waals surface area contributed by atoms with Crippen molar-refractivity contribution in [3.63, 3.8) is 0 Å². The molecule has 1 saturated carbocycles. The van der Waals surface area contributed by atoms with Crippen molar-refractivity contribution in [1.82, 2.24) is 15.0 Å². The molecule has 5 nitrogen and oxygen atoms in total. The molecule has 0 aliphatic heterocycles. The van der Waals surface area contributed by atoms with Crippen LogP contribution in [-0.4, -0.2) is 20.7 Å². The van der Waals surface area contributed by atoms with Crippen LogP contribution in [0.3, 0.4) is 0 Å². The van der Waals surface area contributed by atoms with E-state index in [1.165, 1.54) is 31.9 Å². The van der Waals surface area contributed by atoms with Crippen LogP contribution in [0.5, 0.6) is 0 Å². The van der Waals surface area contributed by atoms with E-state index in [0.29, 0.717) is 34.0 Å². The van der Waals surface area contributed by atoms with Gasteiger partial charge in [0.2, 0.25) is 0 Å². The Morgan fingerprint density at radius 3 is 2.76 bits per heavy atom. The van der Waals surface area contributed by atoms with Crippen LogP contribution in [0.1, 0.15) is 35.9 Å². The third-order valence-electron chi connectivity index (χ3n) is 5.25. The smallest absolute Gasteiger partial charge is 0.159 e. The number of ketones is 1. The van der Waals surface area contributed by atoms with Gasteiger partial charge in [0.05, 0.1) is 5.52 Å². The molecule has 1 fully saturated rings. The second-order valence-electron chi connectivity index (χ2n) is 7.58. The summed E-state index contributed by atoms with van der Waals surface area (Å²) >= 11 is 0. The van der Waals surface area contributed by atoms with Crippen LogP contribution in [0.2, 0.25) is 0 Å². The van der Waals surface area contributed by atoms with E-state index in [1.807, 2.05) is 12.3 Å². The van der Waals surface area contributed by atoms with Gasteiger partial charge in [-0.05, 0) is 49.9 Å². The third kappa shape index (κ3) is 3.53. The van der Waals surface area contributed by atoms with Gasteiger partial charge < -0.3 is 5.32 Å². The highest BCUT2D eigenvalue weighted by atomic mass is 19.1. The van der Waals surface area contributed by atoms with Crippen LogP contribution in [0, 0.1) is 11.7 Å². The number of hydrogen-bond donors (Lipinski definition) is 1. The molecule has 0 atom stereocenters. The fraction of sp³-hybridized carbons (Fsp3) is 0.217. The van der Waals surface area contributed by atoms with Gasteiger partial charge in [-0.3, -0.25) is 4.79 Å². The predicted octanol–water partition coefficient (Wildman–Crippen LogP) is 5.22. The zero-order valence-corrected chi connectivity index (χ0v) is 15.9. The normalized spacial score (nSPS) is 13.7. The van der Waals surface area contributed by atoms with Gasteiger partial charge in [-0.25, -0.2) is 19.3 Å². The Kier molecular flexibility index (Phi) is 4.19. The van der Waals surface area contributed by atoms with Crippen molar-refractivity contribution in [3.8, 4) is 0 Å². The summed E-state index contributed by atoms with van der Waals surface area (Å²) in [5, 5.41) is 4.93. The number of hydrogen-bond acceptors (Lipinski definition) is 5. The summed E-state index contributed by atoms with van der Waals surface area (Å²) in [6, 6.07) is 11.7. The van der Waals surface area contributed by atoms with Crippen molar-refractivity contribution >= 4 is 39.1 Å². The largest absolute Gasteiger partial charge is 0.338 e. The number of nitrogens with one attached hydrogen (secondary N) is 1. The molecule has 1 N–H and O–H groups in total.